The Kier molecular flexibility index (Phi) is 5.85. The Morgan fingerprint density at radius 3 is 2.29 bits per heavy atom. The van der Waals surface area contributed by atoms with Gasteiger partial charge in [-0.1, -0.05) is 68.4 Å². The molecule has 1 heterocycles. The van der Waals surface area contributed by atoms with Crippen LogP contribution in [0, 0.1) is 0 Å². The third kappa shape index (κ3) is 4.51. The molecule has 0 aliphatic carbocycles. The van der Waals surface area contributed by atoms with E-state index in [1.54, 1.807) is 30.3 Å². The highest BCUT2D eigenvalue weighted by Crippen LogP contribution is 2.32. The number of hydrogen-bond acceptors (Lipinski definition) is 4. The molecule has 0 aliphatic heterocycles. The van der Waals surface area contributed by atoms with Gasteiger partial charge in [0, 0.05) is 10.9 Å². The summed E-state index contributed by atoms with van der Waals surface area (Å²) in [6.45, 7) is 4.05. The Morgan fingerprint density at radius 1 is 0.903 bits per heavy atom. The number of nitrogens with one attached hydrogen (secondary N) is 1. The fourth-order valence-electron chi connectivity index (χ4n) is 3.32. The number of rotatable bonds is 7. The van der Waals surface area contributed by atoms with Gasteiger partial charge in [0.25, 0.3) is 5.91 Å². The average molecular weight is 413 g/mol. The molecule has 5 heteroatoms. The van der Waals surface area contributed by atoms with Crippen molar-refractivity contribution in [3.05, 3.63) is 95.7 Å². The van der Waals surface area contributed by atoms with Crippen LogP contribution >= 0.6 is 0 Å². The molecular weight excluding hydrogens is 390 g/mol. The lowest BCUT2D eigenvalue weighted by atomic mass is 10.0. The molecule has 0 spiro atoms. The lowest BCUT2D eigenvalue weighted by Gasteiger charge is -2.10. The van der Waals surface area contributed by atoms with Crippen molar-refractivity contribution >= 4 is 28.3 Å². The number of ketones is 1. The zero-order valence-electron chi connectivity index (χ0n) is 17.4. The van der Waals surface area contributed by atoms with Gasteiger partial charge in [-0.25, -0.2) is 0 Å². The van der Waals surface area contributed by atoms with Crippen LogP contribution in [0.1, 0.15) is 41.4 Å². The SMILES string of the molecule is CC(C)c1ccc(OCC(=O)Nc2c(C(=O)c3ccccc3)oc3ccccc23)cc1. The number of carbonyl (C=O) groups is 2. The van der Waals surface area contributed by atoms with Crippen LogP contribution in [0.15, 0.2) is 83.3 Å². The first-order valence-electron chi connectivity index (χ1n) is 10.2. The molecule has 0 unspecified atom stereocenters. The minimum absolute atomic E-state index is 0.0991. The molecule has 1 N–H and O–H groups in total. The highest BCUT2D eigenvalue weighted by molar-refractivity contribution is 6.17. The summed E-state index contributed by atoms with van der Waals surface area (Å²) in [6.07, 6.45) is 0. The van der Waals surface area contributed by atoms with E-state index in [1.165, 1.54) is 5.56 Å². The molecule has 1 aromatic heterocycles. The van der Waals surface area contributed by atoms with Crippen LogP contribution in [-0.4, -0.2) is 18.3 Å². The maximum atomic E-state index is 13.0. The molecule has 4 rings (SSSR count). The second kappa shape index (κ2) is 8.88. The number of furan rings is 1. The Bertz CT molecular complexity index is 1210. The van der Waals surface area contributed by atoms with Crippen molar-refractivity contribution in [3.63, 3.8) is 0 Å². The number of anilines is 1. The van der Waals surface area contributed by atoms with Crippen molar-refractivity contribution in [2.24, 2.45) is 0 Å². The Labute approximate surface area is 180 Å². The maximum Gasteiger partial charge on any atom is 0.262 e. The zero-order chi connectivity index (χ0) is 21.8. The highest BCUT2D eigenvalue weighted by atomic mass is 16.5. The third-order valence-corrected chi connectivity index (χ3v) is 5.02. The quantitative estimate of drug-likeness (QED) is 0.389. The first-order chi connectivity index (χ1) is 15.0. The predicted molar refractivity (Wildman–Crippen MR) is 121 cm³/mol. The molecule has 0 bridgehead atoms. The summed E-state index contributed by atoms with van der Waals surface area (Å²) in [5.41, 5.74) is 2.57. The first-order valence-corrected chi connectivity index (χ1v) is 10.2. The Balaban J connectivity index is 1.54. The van der Waals surface area contributed by atoms with E-state index in [0.717, 1.165) is 0 Å². The minimum atomic E-state index is -0.374. The van der Waals surface area contributed by atoms with E-state index in [0.29, 0.717) is 33.9 Å². The van der Waals surface area contributed by atoms with Crippen molar-refractivity contribution in [2.75, 3.05) is 11.9 Å². The van der Waals surface area contributed by atoms with Crippen LogP contribution in [0.25, 0.3) is 11.0 Å². The zero-order valence-corrected chi connectivity index (χ0v) is 17.4. The molecule has 0 radical (unpaired) electrons. The van der Waals surface area contributed by atoms with Crippen molar-refractivity contribution in [2.45, 2.75) is 19.8 Å². The van der Waals surface area contributed by atoms with E-state index in [4.69, 9.17) is 9.15 Å². The lowest BCUT2D eigenvalue weighted by molar-refractivity contribution is -0.118. The topological polar surface area (TPSA) is 68.5 Å². The normalized spacial score (nSPS) is 10.9. The summed E-state index contributed by atoms with van der Waals surface area (Å²) in [4.78, 5) is 25.6. The first kappa shape index (κ1) is 20.4. The second-order valence-corrected chi connectivity index (χ2v) is 7.56. The summed E-state index contributed by atoms with van der Waals surface area (Å²) >= 11 is 0. The summed E-state index contributed by atoms with van der Waals surface area (Å²) in [7, 11) is 0. The molecular formula is C26H23NO4. The summed E-state index contributed by atoms with van der Waals surface area (Å²) in [6, 6.07) is 23.7. The van der Waals surface area contributed by atoms with Crippen molar-refractivity contribution < 1.29 is 18.7 Å². The lowest BCUT2D eigenvalue weighted by Crippen LogP contribution is -2.21. The second-order valence-electron chi connectivity index (χ2n) is 7.56. The molecule has 5 nitrogen and oxygen atoms in total. The van der Waals surface area contributed by atoms with Crippen molar-refractivity contribution in [3.8, 4) is 5.75 Å². The molecule has 156 valence electrons. The summed E-state index contributed by atoms with van der Waals surface area (Å²) < 4.78 is 11.4. The molecule has 3 aromatic carbocycles. The van der Waals surface area contributed by atoms with E-state index < -0.39 is 0 Å². The van der Waals surface area contributed by atoms with Gasteiger partial charge in [0.2, 0.25) is 5.78 Å². The number of ether oxygens (including phenoxy) is 1. The number of hydrogen-bond donors (Lipinski definition) is 1. The smallest absolute Gasteiger partial charge is 0.262 e. The average Bonchev–Trinajstić information content (AvgIpc) is 3.16. The monoisotopic (exact) mass is 413 g/mol. The van der Waals surface area contributed by atoms with Crippen LogP contribution in [0.3, 0.4) is 0 Å². The van der Waals surface area contributed by atoms with Crippen molar-refractivity contribution in [1.29, 1.82) is 0 Å². The van der Waals surface area contributed by atoms with Gasteiger partial charge in [0.05, 0.1) is 5.69 Å². The fraction of sp³-hybridized carbons (Fsp3) is 0.154. The van der Waals surface area contributed by atoms with E-state index in [-0.39, 0.29) is 24.1 Å². The Morgan fingerprint density at radius 2 is 1.58 bits per heavy atom. The molecule has 31 heavy (non-hydrogen) atoms. The third-order valence-electron chi connectivity index (χ3n) is 5.02. The minimum Gasteiger partial charge on any atom is -0.484 e. The molecule has 0 saturated heterocycles. The number of fused-ring (bicyclic) bond motifs is 1. The van der Waals surface area contributed by atoms with Crippen LogP contribution in [0.2, 0.25) is 0 Å². The predicted octanol–water partition coefficient (Wildman–Crippen LogP) is 5.80. The molecule has 4 aromatic rings. The van der Waals surface area contributed by atoms with Gasteiger partial charge in [-0.05, 0) is 35.7 Å². The Hall–Kier alpha value is -3.86. The number of benzene rings is 3. The van der Waals surface area contributed by atoms with E-state index in [2.05, 4.69) is 19.2 Å². The summed E-state index contributed by atoms with van der Waals surface area (Å²) in [5.74, 6) is 0.463. The van der Waals surface area contributed by atoms with Gasteiger partial charge < -0.3 is 14.5 Å². The van der Waals surface area contributed by atoms with Gasteiger partial charge in [-0.3, -0.25) is 9.59 Å². The number of para-hydroxylation sites is 1. The molecule has 0 aliphatic rings. The standard InChI is InChI=1S/C26H23NO4/c1-17(2)18-12-14-20(15-13-18)30-16-23(28)27-24-21-10-6-7-11-22(21)31-26(24)25(29)19-8-4-3-5-9-19/h3-15,17H,16H2,1-2H3,(H,27,28). The van der Waals surface area contributed by atoms with Crippen LogP contribution in [0.5, 0.6) is 5.75 Å². The van der Waals surface area contributed by atoms with E-state index in [1.807, 2.05) is 48.5 Å². The highest BCUT2D eigenvalue weighted by Gasteiger charge is 2.23. The molecule has 1 amide bonds. The van der Waals surface area contributed by atoms with Crippen LogP contribution in [-0.2, 0) is 4.79 Å². The maximum absolute atomic E-state index is 13.0. The van der Waals surface area contributed by atoms with Gasteiger partial charge >= 0.3 is 0 Å². The van der Waals surface area contributed by atoms with E-state index in [9.17, 15) is 9.59 Å². The summed E-state index contributed by atoms with van der Waals surface area (Å²) in [5, 5.41) is 3.47. The van der Waals surface area contributed by atoms with Gasteiger partial charge in [0.15, 0.2) is 12.4 Å². The van der Waals surface area contributed by atoms with Gasteiger partial charge in [0.1, 0.15) is 11.3 Å². The van der Waals surface area contributed by atoms with Crippen LogP contribution < -0.4 is 10.1 Å². The van der Waals surface area contributed by atoms with E-state index >= 15 is 0 Å². The molecule has 0 fully saturated rings. The van der Waals surface area contributed by atoms with Gasteiger partial charge in [-0.15, -0.1) is 0 Å². The molecule has 0 atom stereocenters. The molecule has 0 saturated carbocycles. The number of amides is 1. The fourth-order valence-corrected chi connectivity index (χ4v) is 3.32. The van der Waals surface area contributed by atoms with Crippen molar-refractivity contribution in [1.82, 2.24) is 0 Å². The van der Waals surface area contributed by atoms with Crippen LogP contribution in [0.4, 0.5) is 5.69 Å². The number of carbonyl (C=O) groups excluding carboxylic acids is 2. The van der Waals surface area contributed by atoms with Gasteiger partial charge in [-0.2, -0.15) is 0 Å². The largest absolute Gasteiger partial charge is 0.484 e.